The first-order valence-electron chi connectivity index (χ1n) is 14.8. The van der Waals surface area contributed by atoms with E-state index < -0.39 is 40.8 Å². The van der Waals surface area contributed by atoms with Crippen LogP contribution in [0.2, 0.25) is 0 Å². The Morgan fingerprint density at radius 1 is 1.02 bits per heavy atom. The summed E-state index contributed by atoms with van der Waals surface area (Å²) >= 11 is 1.45. The van der Waals surface area contributed by atoms with Crippen LogP contribution in [0.1, 0.15) is 47.8 Å². The van der Waals surface area contributed by atoms with Gasteiger partial charge in [0.25, 0.3) is 5.91 Å². The van der Waals surface area contributed by atoms with Crippen LogP contribution < -0.4 is 16.0 Å². The van der Waals surface area contributed by atoms with Gasteiger partial charge in [0.1, 0.15) is 6.04 Å². The fraction of sp³-hybridized carbons (Fsp3) is 0.353. The van der Waals surface area contributed by atoms with E-state index in [0.29, 0.717) is 12.2 Å². The maximum Gasteiger partial charge on any atom is 0.338 e. The minimum atomic E-state index is -1.65. The van der Waals surface area contributed by atoms with E-state index in [0.717, 1.165) is 16.7 Å². The standard InChI is InChI=1S/C34H40N4O6S/c1-5-44-32(42)24-16-11-17-26(19-24)36-33(43)37-27(18-23-13-7-6-8-14-23)28(39)31(41)38-21-45-34(3,4)29(38)30(40)35-20-25-15-10-9-12-22(25)2/h6-17,19,27-29,39H,5,18,20-21H2,1-4H3,(H,35,40)(H2,36,37,43)/t27-,28-,29+/m0/s1. The lowest BCUT2D eigenvalue weighted by atomic mass is 9.97. The van der Waals surface area contributed by atoms with Gasteiger partial charge in [-0.25, -0.2) is 9.59 Å². The normalized spacial score (nSPS) is 16.7. The highest BCUT2D eigenvalue weighted by Crippen LogP contribution is 2.40. The Hall–Kier alpha value is -4.35. The number of aryl methyl sites for hydroxylation is 1. The van der Waals surface area contributed by atoms with Gasteiger partial charge in [0.05, 0.1) is 24.1 Å². The lowest BCUT2D eigenvalue weighted by molar-refractivity contribution is -0.147. The second kappa shape index (κ2) is 15.1. The Balaban J connectivity index is 1.51. The molecule has 3 aromatic rings. The van der Waals surface area contributed by atoms with Crippen LogP contribution in [0.25, 0.3) is 0 Å². The third-order valence-corrected chi connectivity index (χ3v) is 9.05. The molecule has 45 heavy (non-hydrogen) atoms. The summed E-state index contributed by atoms with van der Waals surface area (Å²) in [5.41, 5.74) is 3.41. The molecule has 1 saturated heterocycles. The molecule has 4 rings (SSSR count). The number of benzene rings is 3. The highest BCUT2D eigenvalue weighted by atomic mass is 32.2. The predicted octanol–water partition coefficient (Wildman–Crippen LogP) is 4.26. The van der Waals surface area contributed by atoms with Gasteiger partial charge in [0.15, 0.2) is 6.10 Å². The average molecular weight is 633 g/mol. The SMILES string of the molecule is CCOC(=O)c1cccc(NC(=O)N[C@@H](Cc2ccccc2)[C@H](O)C(=O)N2CSC(C)(C)[C@H]2C(=O)NCc2ccccc2C)c1. The summed E-state index contributed by atoms with van der Waals surface area (Å²) in [6.45, 7) is 7.99. The molecule has 10 nitrogen and oxygen atoms in total. The summed E-state index contributed by atoms with van der Waals surface area (Å²) in [5.74, 6) is -1.29. The summed E-state index contributed by atoms with van der Waals surface area (Å²) < 4.78 is 4.42. The van der Waals surface area contributed by atoms with Gasteiger partial charge in [-0.2, -0.15) is 0 Å². The lowest BCUT2D eigenvalue weighted by Crippen LogP contribution is -2.59. The molecule has 4 N–H and O–H groups in total. The van der Waals surface area contributed by atoms with Gasteiger partial charge in [0, 0.05) is 17.0 Å². The number of hydrogen-bond donors (Lipinski definition) is 4. The van der Waals surface area contributed by atoms with Gasteiger partial charge in [-0.3, -0.25) is 9.59 Å². The number of rotatable bonds is 11. The summed E-state index contributed by atoms with van der Waals surface area (Å²) in [5, 5.41) is 19.9. The average Bonchev–Trinajstić information content (AvgIpc) is 3.34. The molecule has 0 aromatic heterocycles. The molecule has 1 fully saturated rings. The van der Waals surface area contributed by atoms with E-state index in [2.05, 4.69) is 16.0 Å². The van der Waals surface area contributed by atoms with E-state index in [-0.39, 0.29) is 30.4 Å². The van der Waals surface area contributed by atoms with E-state index in [4.69, 9.17) is 4.74 Å². The molecule has 238 valence electrons. The van der Waals surface area contributed by atoms with Gasteiger partial charge in [0.2, 0.25) is 5.91 Å². The molecule has 1 heterocycles. The van der Waals surface area contributed by atoms with Gasteiger partial charge < -0.3 is 30.7 Å². The predicted molar refractivity (Wildman–Crippen MR) is 175 cm³/mol. The van der Waals surface area contributed by atoms with Crippen molar-refractivity contribution in [3.05, 3.63) is 101 Å². The number of thioether (sulfide) groups is 1. The molecular weight excluding hydrogens is 592 g/mol. The molecule has 3 atom stereocenters. The first-order valence-corrected chi connectivity index (χ1v) is 15.8. The van der Waals surface area contributed by atoms with Crippen molar-refractivity contribution in [2.24, 2.45) is 0 Å². The summed E-state index contributed by atoms with van der Waals surface area (Å²) in [7, 11) is 0. The number of amides is 4. The topological polar surface area (TPSA) is 137 Å². The fourth-order valence-corrected chi connectivity index (χ4v) is 6.37. The zero-order valence-corrected chi connectivity index (χ0v) is 26.7. The lowest BCUT2D eigenvalue weighted by Gasteiger charge is -2.33. The van der Waals surface area contributed by atoms with Crippen molar-refractivity contribution in [2.45, 2.75) is 63.6 Å². The number of ether oxygens (including phenoxy) is 1. The molecular formula is C34H40N4O6S. The number of esters is 1. The molecule has 4 amide bonds. The number of aliphatic hydroxyl groups excluding tert-OH is 1. The zero-order valence-electron chi connectivity index (χ0n) is 25.9. The molecule has 1 aliphatic rings. The van der Waals surface area contributed by atoms with Crippen molar-refractivity contribution < 1.29 is 29.0 Å². The third-order valence-electron chi connectivity index (χ3n) is 7.67. The Morgan fingerprint density at radius 2 is 1.73 bits per heavy atom. The summed E-state index contributed by atoms with van der Waals surface area (Å²) in [6, 6.07) is 20.7. The van der Waals surface area contributed by atoms with E-state index in [1.807, 2.05) is 75.4 Å². The van der Waals surface area contributed by atoms with E-state index in [1.165, 1.54) is 22.7 Å². The van der Waals surface area contributed by atoms with Gasteiger partial charge in [-0.1, -0.05) is 60.7 Å². The highest BCUT2D eigenvalue weighted by Gasteiger charge is 2.49. The van der Waals surface area contributed by atoms with Crippen molar-refractivity contribution in [3.63, 3.8) is 0 Å². The number of anilines is 1. The van der Waals surface area contributed by atoms with Crippen LogP contribution >= 0.6 is 11.8 Å². The second-order valence-corrected chi connectivity index (χ2v) is 13.0. The van der Waals surface area contributed by atoms with Crippen molar-refractivity contribution in [3.8, 4) is 0 Å². The molecule has 0 aliphatic carbocycles. The van der Waals surface area contributed by atoms with Crippen LogP contribution in [0, 0.1) is 6.92 Å². The van der Waals surface area contributed by atoms with Crippen molar-refractivity contribution in [1.82, 2.24) is 15.5 Å². The Bertz CT molecular complexity index is 1520. The monoisotopic (exact) mass is 632 g/mol. The quantitative estimate of drug-likeness (QED) is 0.232. The molecule has 0 bridgehead atoms. The number of nitrogens with one attached hydrogen (secondary N) is 3. The molecule has 0 saturated carbocycles. The van der Waals surface area contributed by atoms with Gasteiger partial charge >= 0.3 is 12.0 Å². The number of carbonyl (C=O) groups is 4. The van der Waals surface area contributed by atoms with Crippen LogP contribution in [0.4, 0.5) is 10.5 Å². The molecule has 0 radical (unpaired) electrons. The maximum atomic E-state index is 13.9. The van der Waals surface area contributed by atoms with Crippen LogP contribution in [-0.4, -0.2) is 69.2 Å². The number of carbonyl (C=O) groups excluding carboxylic acids is 4. The van der Waals surface area contributed by atoms with Crippen molar-refractivity contribution >= 4 is 41.3 Å². The number of aliphatic hydroxyl groups is 1. The minimum absolute atomic E-state index is 0.151. The van der Waals surface area contributed by atoms with Crippen LogP contribution in [-0.2, 0) is 27.3 Å². The van der Waals surface area contributed by atoms with Crippen LogP contribution in [0.3, 0.4) is 0 Å². The molecule has 3 aromatic carbocycles. The first-order chi connectivity index (χ1) is 21.5. The largest absolute Gasteiger partial charge is 0.462 e. The Labute approximate surface area is 267 Å². The smallest absolute Gasteiger partial charge is 0.338 e. The number of nitrogens with zero attached hydrogens (tertiary/aromatic N) is 1. The van der Waals surface area contributed by atoms with Crippen molar-refractivity contribution in [1.29, 1.82) is 0 Å². The van der Waals surface area contributed by atoms with Gasteiger partial charge in [-0.05, 0) is 69.0 Å². The molecule has 0 unspecified atom stereocenters. The highest BCUT2D eigenvalue weighted by molar-refractivity contribution is 8.00. The van der Waals surface area contributed by atoms with E-state index in [1.54, 1.807) is 25.1 Å². The Kier molecular flexibility index (Phi) is 11.2. The van der Waals surface area contributed by atoms with Crippen LogP contribution in [0.15, 0.2) is 78.9 Å². The molecule has 1 aliphatic heterocycles. The van der Waals surface area contributed by atoms with Crippen molar-refractivity contribution in [2.75, 3.05) is 17.8 Å². The number of hydrogen-bond acceptors (Lipinski definition) is 7. The molecule has 0 spiro atoms. The molecule has 11 heteroatoms. The zero-order chi connectivity index (χ0) is 32.6. The van der Waals surface area contributed by atoms with E-state index in [9.17, 15) is 24.3 Å². The fourth-order valence-electron chi connectivity index (χ4n) is 5.23. The second-order valence-electron chi connectivity index (χ2n) is 11.4. The Morgan fingerprint density at radius 3 is 2.44 bits per heavy atom. The summed E-state index contributed by atoms with van der Waals surface area (Å²) in [4.78, 5) is 54.1. The first kappa shape index (κ1) is 33.5. The number of urea groups is 1. The van der Waals surface area contributed by atoms with E-state index >= 15 is 0 Å². The maximum absolute atomic E-state index is 13.9. The summed E-state index contributed by atoms with van der Waals surface area (Å²) in [6.07, 6.45) is -1.50. The van der Waals surface area contributed by atoms with Gasteiger partial charge in [-0.15, -0.1) is 11.8 Å². The minimum Gasteiger partial charge on any atom is -0.462 e. The van der Waals surface area contributed by atoms with Crippen LogP contribution in [0.5, 0.6) is 0 Å². The third kappa shape index (κ3) is 8.64.